The molecule has 0 aliphatic carbocycles. The minimum absolute atomic E-state index is 0.168. The van der Waals surface area contributed by atoms with Gasteiger partial charge in [-0.1, -0.05) is 15.9 Å². The highest BCUT2D eigenvalue weighted by Gasteiger charge is 2.17. The Hall–Kier alpha value is -0.830. The second kappa shape index (κ2) is 2.34. The van der Waals surface area contributed by atoms with E-state index in [0.717, 1.165) is 15.7 Å². The summed E-state index contributed by atoms with van der Waals surface area (Å²) in [5.74, 6) is -0.168. The molecule has 1 N–H and O–H groups in total. The predicted molar refractivity (Wildman–Crippen MR) is 45.1 cm³/mol. The van der Waals surface area contributed by atoms with Gasteiger partial charge in [-0.05, 0) is 23.8 Å². The number of carbonyl (C=O) groups excluding carboxylic acids is 1. The van der Waals surface area contributed by atoms with Crippen molar-refractivity contribution in [1.29, 1.82) is 0 Å². The molecule has 0 saturated heterocycles. The van der Waals surface area contributed by atoms with Crippen molar-refractivity contribution in [2.45, 2.75) is 0 Å². The summed E-state index contributed by atoms with van der Waals surface area (Å²) in [6.07, 6.45) is 2.66. The third kappa shape index (κ3) is 1.16. The van der Waals surface area contributed by atoms with Crippen LogP contribution in [0.3, 0.4) is 0 Å². The number of amides is 1. The third-order valence-electron chi connectivity index (χ3n) is 1.48. The van der Waals surface area contributed by atoms with Crippen LogP contribution in [0.1, 0.15) is 5.56 Å². The first-order valence-corrected chi connectivity index (χ1v) is 3.92. The van der Waals surface area contributed by atoms with E-state index in [0.29, 0.717) is 0 Å². The van der Waals surface area contributed by atoms with Crippen molar-refractivity contribution in [3.63, 3.8) is 0 Å². The largest absolute Gasteiger partial charge is 0.325 e. The lowest BCUT2D eigenvalue weighted by atomic mass is 10.2. The lowest BCUT2D eigenvalue weighted by Crippen LogP contribution is -2.01. The molecule has 3 heteroatoms. The molecular weight excluding hydrogens is 206 g/mol. The van der Waals surface area contributed by atoms with Crippen LogP contribution in [0.5, 0.6) is 0 Å². The molecule has 11 heavy (non-hydrogen) atoms. The number of carbonyl (C=O) groups is 1. The molecule has 1 aromatic carbocycles. The van der Waals surface area contributed by atoms with Gasteiger partial charge in [0.1, 0.15) is 6.42 Å². The van der Waals surface area contributed by atoms with Crippen molar-refractivity contribution in [1.82, 2.24) is 0 Å². The molecule has 0 aromatic heterocycles. The summed E-state index contributed by atoms with van der Waals surface area (Å²) < 4.78 is 0.959. The molecule has 2 nitrogen and oxygen atoms in total. The van der Waals surface area contributed by atoms with Crippen molar-refractivity contribution in [2.24, 2.45) is 0 Å². The Labute approximate surface area is 72.7 Å². The van der Waals surface area contributed by atoms with Gasteiger partial charge in [0.15, 0.2) is 0 Å². The average Bonchev–Trinajstić information content (AvgIpc) is 2.27. The molecule has 2 radical (unpaired) electrons. The van der Waals surface area contributed by atoms with Gasteiger partial charge in [-0.25, -0.2) is 0 Å². The first-order chi connectivity index (χ1) is 5.25. The molecular formula is C8H4BrNO. The summed E-state index contributed by atoms with van der Waals surface area (Å²) in [4.78, 5) is 10.8. The second-order valence-corrected chi connectivity index (χ2v) is 3.18. The van der Waals surface area contributed by atoms with E-state index in [-0.39, 0.29) is 5.91 Å². The molecule has 1 aromatic rings. The van der Waals surface area contributed by atoms with E-state index in [4.69, 9.17) is 0 Å². The number of fused-ring (bicyclic) bond motifs is 1. The fourth-order valence-corrected chi connectivity index (χ4v) is 1.37. The number of rotatable bonds is 0. The Kier molecular flexibility index (Phi) is 1.46. The third-order valence-corrected chi connectivity index (χ3v) is 1.97. The van der Waals surface area contributed by atoms with Crippen LogP contribution in [0.25, 0.3) is 0 Å². The van der Waals surface area contributed by atoms with Crippen LogP contribution in [0, 0.1) is 6.42 Å². The molecule has 0 saturated carbocycles. The molecule has 0 fully saturated rings. The molecule has 1 aliphatic rings. The molecule has 0 spiro atoms. The van der Waals surface area contributed by atoms with Crippen molar-refractivity contribution >= 4 is 27.5 Å². The van der Waals surface area contributed by atoms with Gasteiger partial charge < -0.3 is 5.32 Å². The summed E-state index contributed by atoms with van der Waals surface area (Å²) in [6, 6.07) is 5.58. The van der Waals surface area contributed by atoms with Gasteiger partial charge in [0.25, 0.3) is 0 Å². The first kappa shape index (κ1) is 6.85. The quantitative estimate of drug-likeness (QED) is 0.695. The zero-order valence-electron chi connectivity index (χ0n) is 5.52. The smallest absolute Gasteiger partial charge is 0.238 e. The number of halogens is 1. The van der Waals surface area contributed by atoms with Crippen LogP contribution in [0.15, 0.2) is 22.7 Å². The van der Waals surface area contributed by atoms with Gasteiger partial charge in [-0.3, -0.25) is 4.79 Å². The summed E-state index contributed by atoms with van der Waals surface area (Å²) in [5, 5.41) is 2.65. The van der Waals surface area contributed by atoms with E-state index < -0.39 is 0 Å². The SMILES string of the molecule is O=C1[C]c2cc(Br)ccc2N1. The van der Waals surface area contributed by atoms with Crippen molar-refractivity contribution in [3.8, 4) is 0 Å². The zero-order valence-corrected chi connectivity index (χ0v) is 7.10. The molecule has 0 unspecified atom stereocenters. The minimum atomic E-state index is -0.168. The summed E-state index contributed by atoms with van der Waals surface area (Å²) in [5.41, 5.74) is 1.66. The van der Waals surface area contributed by atoms with Crippen LogP contribution in [0.2, 0.25) is 0 Å². The standard InChI is InChI=1S/C8H4BrNO/c9-6-1-2-7-5(3-6)4-8(11)10-7/h1-3H,(H,10,11). The first-order valence-electron chi connectivity index (χ1n) is 3.13. The topological polar surface area (TPSA) is 29.1 Å². The van der Waals surface area contributed by atoms with Gasteiger partial charge in [0.2, 0.25) is 5.91 Å². The van der Waals surface area contributed by atoms with Gasteiger partial charge >= 0.3 is 0 Å². The number of nitrogens with one attached hydrogen (secondary N) is 1. The zero-order chi connectivity index (χ0) is 7.84. The van der Waals surface area contributed by atoms with Gasteiger partial charge in [0.05, 0.1) is 0 Å². The maximum atomic E-state index is 10.8. The minimum Gasteiger partial charge on any atom is -0.325 e. The summed E-state index contributed by atoms with van der Waals surface area (Å²) in [6.45, 7) is 0. The monoisotopic (exact) mass is 209 g/mol. The second-order valence-electron chi connectivity index (χ2n) is 2.27. The van der Waals surface area contributed by atoms with Crippen LogP contribution in [-0.2, 0) is 4.79 Å². The number of hydrogen-bond acceptors (Lipinski definition) is 1. The average molecular weight is 210 g/mol. The Morgan fingerprint density at radius 1 is 1.45 bits per heavy atom. The van der Waals surface area contributed by atoms with E-state index >= 15 is 0 Å². The molecule has 0 atom stereocenters. The predicted octanol–water partition coefficient (Wildman–Crippen LogP) is 1.83. The van der Waals surface area contributed by atoms with Gasteiger partial charge in [0, 0.05) is 10.2 Å². The highest BCUT2D eigenvalue weighted by atomic mass is 79.9. The fourth-order valence-electron chi connectivity index (χ4n) is 1.00. The normalized spacial score (nSPS) is 14.5. The van der Waals surface area contributed by atoms with E-state index in [1.807, 2.05) is 18.2 Å². The lowest BCUT2D eigenvalue weighted by molar-refractivity contribution is -0.112. The molecule has 1 heterocycles. The Balaban J connectivity index is 2.51. The van der Waals surface area contributed by atoms with Crippen molar-refractivity contribution in [3.05, 3.63) is 34.7 Å². The maximum Gasteiger partial charge on any atom is 0.238 e. The highest BCUT2D eigenvalue weighted by Crippen LogP contribution is 2.26. The lowest BCUT2D eigenvalue weighted by Gasteiger charge is -1.96. The number of anilines is 1. The van der Waals surface area contributed by atoms with Gasteiger partial charge in [-0.2, -0.15) is 0 Å². The van der Waals surface area contributed by atoms with E-state index in [2.05, 4.69) is 27.7 Å². The molecule has 0 bridgehead atoms. The molecule has 2 rings (SSSR count). The highest BCUT2D eigenvalue weighted by molar-refractivity contribution is 9.10. The summed E-state index contributed by atoms with van der Waals surface area (Å²) in [7, 11) is 0. The van der Waals surface area contributed by atoms with Gasteiger partial charge in [-0.15, -0.1) is 0 Å². The summed E-state index contributed by atoms with van der Waals surface area (Å²) >= 11 is 3.31. The van der Waals surface area contributed by atoms with Crippen LogP contribution >= 0.6 is 15.9 Å². The van der Waals surface area contributed by atoms with Crippen LogP contribution in [0.4, 0.5) is 5.69 Å². The Morgan fingerprint density at radius 2 is 2.27 bits per heavy atom. The molecule has 1 aliphatic heterocycles. The van der Waals surface area contributed by atoms with E-state index in [1.165, 1.54) is 0 Å². The number of benzene rings is 1. The fraction of sp³-hybridized carbons (Fsp3) is 0. The maximum absolute atomic E-state index is 10.8. The van der Waals surface area contributed by atoms with Crippen molar-refractivity contribution in [2.75, 3.05) is 5.32 Å². The Morgan fingerprint density at radius 3 is 3.09 bits per heavy atom. The number of hydrogen-bond donors (Lipinski definition) is 1. The van der Waals surface area contributed by atoms with Crippen LogP contribution in [-0.4, -0.2) is 5.91 Å². The molecule has 54 valence electrons. The van der Waals surface area contributed by atoms with Crippen molar-refractivity contribution < 1.29 is 4.79 Å². The Bertz CT molecular complexity index is 322. The van der Waals surface area contributed by atoms with E-state index in [1.54, 1.807) is 0 Å². The van der Waals surface area contributed by atoms with E-state index in [9.17, 15) is 4.79 Å². The van der Waals surface area contributed by atoms with Crippen LogP contribution < -0.4 is 5.32 Å². The molecule has 1 amide bonds.